The number of fused-ring (bicyclic) bond motifs is 1. The van der Waals surface area contributed by atoms with Crippen molar-refractivity contribution in [1.29, 1.82) is 0 Å². The lowest BCUT2D eigenvalue weighted by molar-refractivity contribution is 0.332. The predicted octanol–water partition coefficient (Wildman–Crippen LogP) is 12.2. The molecule has 0 spiro atoms. The maximum absolute atomic E-state index is 5.04. The van der Waals surface area contributed by atoms with Crippen LogP contribution in [0, 0.1) is 0 Å². The molecule has 7 aromatic rings. The molecule has 3 heteroatoms. The maximum atomic E-state index is 5.04. The number of hydrogen-bond acceptors (Lipinski definition) is 3. The largest absolute Gasteiger partial charge is 0.208 e. The van der Waals surface area contributed by atoms with Gasteiger partial charge in [-0.05, 0) is 68.2 Å². The zero-order valence-corrected chi connectivity index (χ0v) is 29.2. The van der Waals surface area contributed by atoms with E-state index < -0.39 is 0 Å². The quantitative estimate of drug-likeness (QED) is 0.180. The van der Waals surface area contributed by atoms with Gasteiger partial charge in [-0.3, -0.25) is 0 Å². The van der Waals surface area contributed by atoms with Gasteiger partial charge in [0, 0.05) is 16.7 Å². The zero-order valence-electron chi connectivity index (χ0n) is 29.2. The average molecular weight is 648 g/mol. The SMILES string of the molecule is CC1(C)CCC(C)(C)c2cc(-c3ccc(-c4nc(-c5ccc(-c6ccccc6)cc5)nc(-c5ccc(-c6ccccc6)cc5)n4)cc3)ccc21. The highest BCUT2D eigenvalue weighted by atomic mass is 15.0. The van der Waals surface area contributed by atoms with Crippen LogP contribution in [0.3, 0.4) is 0 Å². The molecule has 8 rings (SSSR count). The van der Waals surface area contributed by atoms with E-state index in [9.17, 15) is 0 Å². The van der Waals surface area contributed by atoms with E-state index in [-0.39, 0.29) is 10.8 Å². The van der Waals surface area contributed by atoms with Gasteiger partial charge in [-0.2, -0.15) is 0 Å². The second kappa shape index (κ2) is 12.7. The lowest BCUT2D eigenvalue weighted by Crippen LogP contribution is -2.33. The normalized spacial score (nSPS) is 14.6. The molecule has 6 aromatic carbocycles. The van der Waals surface area contributed by atoms with Crippen LogP contribution in [0.4, 0.5) is 0 Å². The van der Waals surface area contributed by atoms with E-state index in [2.05, 4.69) is 167 Å². The van der Waals surface area contributed by atoms with Crippen LogP contribution in [0.2, 0.25) is 0 Å². The molecule has 1 heterocycles. The summed E-state index contributed by atoms with van der Waals surface area (Å²) in [5.74, 6) is 1.96. The topological polar surface area (TPSA) is 38.7 Å². The minimum atomic E-state index is 0.164. The van der Waals surface area contributed by atoms with Crippen LogP contribution in [0.5, 0.6) is 0 Å². The molecule has 0 N–H and O–H groups in total. The van der Waals surface area contributed by atoms with E-state index in [1.165, 1.54) is 46.2 Å². The van der Waals surface area contributed by atoms with Crippen molar-refractivity contribution in [3.8, 4) is 67.5 Å². The minimum Gasteiger partial charge on any atom is -0.208 e. The van der Waals surface area contributed by atoms with E-state index in [0.717, 1.165) is 27.8 Å². The Morgan fingerprint density at radius 3 is 1.02 bits per heavy atom. The van der Waals surface area contributed by atoms with Crippen LogP contribution in [0.1, 0.15) is 51.7 Å². The molecular formula is C47H41N3. The lowest BCUT2D eigenvalue weighted by Gasteiger charge is -2.42. The van der Waals surface area contributed by atoms with E-state index in [1.807, 2.05) is 12.1 Å². The van der Waals surface area contributed by atoms with E-state index in [0.29, 0.717) is 17.5 Å². The van der Waals surface area contributed by atoms with Crippen LogP contribution >= 0.6 is 0 Å². The standard InChI is InChI=1S/C47H41N3/c1-46(2)29-30-47(3,4)42-31-40(27-28-41(42)46)36-19-25-39(26-20-36)45-49-43(37-21-15-34(16-22-37)32-11-7-5-8-12-32)48-44(50-45)38-23-17-35(18-24-38)33-13-9-6-10-14-33/h5-28,31H,29-30H2,1-4H3. The molecule has 1 aromatic heterocycles. The Morgan fingerprint density at radius 2 is 0.620 bits per heavy atom. The van der Waals surface area contributed by atoms with Crippen molar-refractivity contribution in [2.75, 3.05) is 0 Å². The Bertz CT molecular complexity index is 2170. The van der Waals surface area contributed by atoms with Crippen molar-refractivity contribution in [3.05, 3.63) is 163 Å². The second-order valence-corrected chi connectivity index (χ2v) is 14.8. The Balaban J connectivity index is 1.17. The van der Waals surface area contributed by atoms with Gasteiger partial charge < -0.3 is 0 Å². The van der Waals surface area contributed by atoms with Crippen molar-refractivity contribution >= 4 is 0 Å². The highest BCUT2D eigenvalue weighted by Gasteiger charge is 2.37. The fourth-order valence-corrected chi connectivity index (χ4v) is 7.23. The van der Waals surface area contributed by atoms with Gasteiger partial charge in [-0.25, -0.2) is 15.0 Å². The molecular weight excluding hydrogens is 607 g/mol. The first-order chi connectivity index (χ1) is 24.2. The van der Waals surface area contributed by atoms with E-state index in [4.69, 9.17) is 15.0 Å². The molecule has 0 fully saturated rings. The fourth-order valence-electron chi connectivity index (χ4n) is 7.23. The summed E-state index contributed by atoms with van der Waals surface area (Å²) in [5.41, 5.74) is 13.3. The summed E-state index contributed by atoms with van der Waals surface area (Å²) in [4.78, 5) is 15.1. The predicted molar refractivity (Wildman–Crippen MR) is 208 cm³/mol. The fraction of sp³-hybridized carbons (Fsp3) is 0.170. The minimum absolute atomic E-state index is 0.164. The smallest absolute Gasteiger partial charge is 0.164 e. The molecule has 1 aliphatic carbocycles. The summed E-state index contributed by atoms with van der Waals surface area (Å²) < 4.78 is 0. The van der Waals surface area contributed by atoms with E-state index in [1.54, 1.807) is 0 Å². The van der Waals surface area contributed by atoms with E-state index >= 15 is 0 Å². The van der Waals surface area contributed by atoms with Crippen molar-refractivity contribution in [2.24, 2.45) is 0 Å². The van der Waals surface area contributed by atoms with Gasteiger partial charge in [0.15, 0.2) is 17.5 Å². The highest BCUT2D eigenvalue weighted by Crippen LogP contribution is 2.47. The number of hydrogen-bond donors (Lipinski definition) is 0. The molecule has 0 unspecified atom stereocenters. The first-order valence-corrected chi connectivity index (χ1v) is 17.6. The van der Waals surface area contributed by atoms with Crippen LogP contribution < -0.4 is 0 Å². The first kappa shape index (κ1) is 31.6. The summed E-state index contributed by atoms with van der Waals surface area (Å²) in [7, 11) is 0. The molecule has 3 nitrogen and oxygen atoms in total. The zero-order chi connectivity index (χ0) is 34.3. The van der Waals surface area contributed by atoms with Crippen molar-refractivity contribution in [1.82, 2.24) is 15.0 Å². The van der Waals surface area contributed by atoms with Gasteiger partial charge in [-0.15, -0.1) is 0 Å². The van der Waals surface area contributed by atoms with Crippen LogP contribution in [-0.4, -0.2) is 15.0 Å². The number of rotatable bonds is 6. The number of benzene rings is 6. The number of aromatic nitrogens is 3. The molecule has 0 bridgehead atoms. The molecule has 0 aliphatic heterocycles. The Labute approximate surface area is 295 Å². The molecule has 0 radical (unpaired) electrons. The summed E-state index contributed by atoms with van der Waals surface area (Å²) >= 11 is 0. The van der Waals surface area contributed by atoms with Gasteiger partial charge in [0.1, 0.15) is 0 Å². The van der Waals surface area contributed by atoms with Crippen LogP contribution in [0.15, 0.2) is 152 Å². The monoisotopic (exact) mass is 647 g/mol. The van der Waals surface area contributed by atoms with Gasteiger partial charge >= 0.3 is 0 Å². The summed E-state index contributed by atoms with van der Waals surface area (Å²) in [5, 5.41) is 0. The second-order valence-electron chi connectivity index (χ2n) is 14.8. The highest BCUT2D eigenvalue weighted by molar-refractivity contribution is 5.74. The molecule has 1 aliphatic rings. The maximum Gasteiger partial charge on any atom is 0.164 e. The Hall–Kier alpha value is -5.67. The molecule has 0 saturated carbocycles. The summed E-state index contributed by atoms with van der Waals surface area (Å²) in [6, 6.07) is 53.6. The summed E-state index contributed by atoms with van der Waals surface area (Å²) in [6.45, 7) is 9.52. The summed E-state index contributed by atoms with van der Waals surface area (Å²) in [6.07, 6.45) is 2.41. The van der Waals surface area contributed by atoms with Crippen LogP contribution in [-0.2, 0) is 10.8 Å². The van der Waals surface area contributed by atoms with Crippen molar-refractivity contribution in [2.45, 2.75) is 51.4 Å². The third-order valence-electron chi connectivity index (χ3n) is 10.5. The van der Waals surface area contributed by atoms with Crippen molar-refractivity contribution < 1.29 is 0 Å². The van der Waals surface area contributed by atoms with Crippen LogP contribution in [0.25, 0.3) is 67.5 Å². The Morgan fingerprint density at radius 1 is 0.320 bits per heavy atom. The third-order valence-corrected chi connectivity index (χ3v) is 10.5. The first-order valence-electron chi connectivity index (χ1n) is 17.6. The molecule has 0 atom stereocenters. The molecule has 244 valence electrons. The Kier molecular flexibility index (Phi) is 7.99. The van der Waals surface area contributed by atoms with Gasteiger partial charge in [0.05, 0.1) is 0 Å². The van der Waals surface area contributed by atoms with Crippen molar-refractivity contribution in [3.63, 3.8) is 0 Å². The number of nitrogens with zero attached hydrogens (tertiary/aromatic N) is 3. The van der Waals surface area contributed by atoms with Gasteiger partial charge in [0.25, 0.3) is 0 Å². The molecule has 0 saturated heterocycles. The molecule has 0 amide bonds. The van der Waals surface area contributed by atoms with Gasteiger partial charge in [0.2, 0.25) is 0 Å². The average Bonchev–Trinajstić information content (AvgIpc) is 3.17. The third kappa shape index (κ3) is 6.16. The van der Waals surface area contributed by atoms with Gasteiger partial charge in [-0.1, -0.05) is 179 Å². The lowest BCUT2D eigenvalue weighted by atomic mass is 9.63. The molecule has 50 heavy (non-hydrogen) atoms.